The summed E-state index contributed by atoms with van der Waals surface area (Å²) in [6.07, 6.45) is 0.822. The monoisotopic (exact) mass is 223 g/mol. The molecule has 0 aliphatic carbocycles. The summed E-state index contributed by atoms with van der Waals surface area (Å²) in [7, 11) is 0. The molecule has 0 spiro atoms. The molecule has 1 aromatic heterocycles. The van der Waals surface area contributed by atoms with Crippen LogP contribution in [0.25, 0.3) is 0 Å². The van der Waals surface area contributed by atoms with Crippen molar-refractivity contribution in [1.82, 2.24) is 15.5 Å². The molecular weight excluding hydrogens is 210 g/mol. The van der Waals surface area contributed by atoms with Crippen LogP contribution in [0.2, 0.25) is 0 Å². The van der Waals surface area contributed by atoms with Gasteiger partial charge in [-0.2, -0.15) is 5.10 Å². The van der Waals surface area contributed by atoms with Crippen molar-refractivity contribution in [1.29, 1.82) is 0 Å². The van der Waals surface area contributed by atoms with E-state index in [9.17, 15) is 9.59 Å². The molecule has 1 fully saturated rings. The van der Waals surface area contributed by atoms with Crippen LogP contribution >= 0.6 is 0 Å². The Hall–Kier alpha value is -1.69. The Kier molecular flexibility index (Phi) is 3.00. The Balaban J connectivity index is 2.02. The first-order valence-corrected chi connectivity index (χ1v) is 5.15. The minimum Gasteiger partial charge on any atom is -0.376 e. The van der Waals surface area contributed by atoms with Crippen LogP contribution in [0.1, 0.15) is 23.8 Å². The van der Waals surface area contributed by atoms with Gasteiger partial charge in [0.15, 0.2) is 0 Å². The van der Waals surface area contributed by atoms with Crippen molar-refractivity contribution in [2.75, 3.05) is 6.61 Å². The Morgan fingerprint density at radius 1 is 1.62 bits per heavy atom. The van der Waals surface area contributed by atoms with E-state index < -0.39 is 0 Å². The minimum atomic E-state index is -0.325. The quantitative estimate of drug-likeness (QED) is 0.719. The van der Waals surface area contributed by atoms with Gasteiger partial charge in [-0.15, -0.1) is 0 Å². The van der Waals surface area contributed by atoms with E-state index in [1.54, 1.807) is 0 Å². The molecule has 0 saturated carbocycles. The zero-order valence-electron chi connectivity index (χ0n) is 8.90. The SMILES string of the molecule is CC1OCCC1NC(=O)c1ccc(=O)[nH]n1. The van der Waals surface area contributed by atoms with Crippen LogP contribution in [0.15, 0.2) is 16.9 Å². The number of carbonyl (C=O) groups is 1. The van der Waals surface area contributed by atoms with Gasteiger partial charge >= 0.3 is 0 Å². The van der Waals surface area contributed by atoms with Gasteiger partial charge in [-0.25, -0.2) is 5.10 Å². The molecule has 6 nitrogen and oxygen atoms in total. The second-order valence-electron chi connectivity index (χ2n) is 3.75. The second-order valence-corrected chi connectivity index (χ2v) is 3.75. The van der Waals surface area contributed by atoms with Crippen LogP contribution in [0.3, 0.4) is 0 Å². The van der Waals surface area contributed by atoms with Gasteiger partial charge in [0.2, 0.25) is 0 Å². The van der Waals surface area contributed by atoms with Crippen molar-refractivity contribution in [3.63, 3.8) is 0 Å². The number of rotatable bonds is 2. The number of aromatic amines is 1. The Morgan fingerprint density at radius 3 is 3.00 bits per heavy atom. The molecule has 2 atom stereocenters. The molecule has 86 valence electrons. The highest BCUT2D eigenvalue weighted by Gasteiger charge is 2.26. The maximum absolute atomic E-state index is 11.7. The minimum absolute atomic E-state index is 0.0150. The van der Waals surface area contributed by atoms with E-state index in [1.807, 2.05) is 6.92 Å². The molecule has 1 aliphatic heterocycles. The van der Waals surface area contributed by atoms with Gasteiger partial charge in [-0.1, -0.05) is 0 Å². The molecule has 0 bridgehead atoms. The first-order valence-electron chi connectivity index (χ1n) is 5.15. The lowest BCUT2D eigenvalue weighted by Crippen LogP contribution is -2.39. The number of amides is 1. The van der Waals surface area contributed by atoms with Crippen LogP contribution in [0.5, 0.6) is 0 Å². The van der Waals surface area contributed by atoms with E-state index in [0.717, 1.165) is 6.42 Å². The zero-order chi connectivity index (χ0) is 11.5. The number of nitrogens with zero attached hydrogens (tertiary/aromatic N) is 1. The Morgan fingerprint density at radius 2 is 2.44 bits per heavy atom. The first-order chi connectivity index (χ1) is 7.66. The zero-order valence-corrected chi connectivity index (χ0v) is 8.90. The predicted octanol–water partition coefficient (Wildman–Crippen LogP) is -0.323. The van der Waals surface area contributed by atoms with E-state index in [2.05, 4.69) is 15.5 Å². The maximum Gasteiger partial charge on any atom is 0.272 e. The van der Waals surface area contributed by atoms with Gasteiger partial charge in [-0.3, -0.25) is 9.59 Å². The van der Waals surface area contributed by atoms with Crippen LogP contribution in [0, 0.1) is 0 Å². The number of hydrogen-bond acceptors (Lipinski definition) is 4. The van der Waals surface area contributed by atoms with Crippen LogP contribution in [-0.4, -0.2) is 34.9 Å². The second kappa shape index (κ2) is 4.44. The summed E-state index contributed by atoms with van der Waals surface area (Å²) in [4.78, 5) is 22.5. The summed E-state index contributed by atoms with van der Waals surface area (Å²) in [6, 6.07) is 2.69. The largest absolute Gasteiger partial charge is 0.376 e. The number of H-pyrrole nitrogens is 1. The highest BCUT2D eigenvalue weighted by atomic mass is 16.5. The molecule has 2 rings (SSSR count). The van der Waals surface area contributed by atoms with E-state index in [1.165, 1.54) is 12.1 Å². The van der Waals surface area contributed by atoms with Crippen molar-refractivity contribution < 1.29 is 9.53 Å². The van der Waals surface area contributed by atoms with Crippen molar-refractivity contribution in [2.24, 2.45) is 0 Å². The molecule has 1 amide bonds. The van der Waals surface area contributed by atoms with Crippen molar-refractivity contribution in [3.8, 4) is 0 Å². The summed E-state index contributed by atoms with van der Waals surface area (Å²) >= 11 is 0. The van der Waals surface area contributed by atoms with E-state index in [4.69, 9.17) is 4.74 Å². The molecule has 1 aromatic rings. The molecule has 2 heterocycles. The number of aromatic nitrogens is 2. The van der Waals surface area contributed by atoms with Gasteiger partial charge in [-0.05, 0) is 19.4 Å². The smallest absolute Gasteiger partial charge is 0.272 e. The number of carbonyl (C=O) groups excluding carboxylic acids is 1. The topological polar surface area (TPSA) is 84.1 Å². The Labute approximate surface area is 92.0 Å². The lowest BCUT2D eigenvalue weighted by molar-refractivity contribution is 0.0861. The van der Waals surface area contributed by atoms with Crippen molar-refractivity contribution >= 4 is 5.91 Å². The number of ether oxygens (including phenoxy) is 1. The highest BCUT2D eigenvalue weighted by molar-refractivity contribution is 5.92. The van der Waals surface area contributed by atoms with Crippen LogP contribution in [0.4, 0.5) is 0 Å². The van der Waals surface area contributed by atoms with E-state index in [-0.39, 0.29) is 29.3 Å². The molecule has 1 saturated heterocycles. The first kappa shape index (κ1) is 10.8. The van der Waals surface area contributed by atoms with E-state index in [0.29, 0.717) is 6.61 Å². The fourth-order valence-corrected chi connectivity index (χ4v) is 1.63. The lowest BCUT2D eigenvalue weighted by atomic mass is 10.1. The fourth-order valence-electron chi connectivity index (χ4n) is 1.63. The predicted molar refractivity (Wildman–Crippen MR) is 56.1 cm³/mol. The highest BCUT2D eigenvalue weighted by Crippen LogP contribution is 2.12. The third kappa shape index (κ3) is 2.27. The van der Waals surface area contributed by atoms with Crippen LogP contribution in [-0.2, 0) is 4.74 Å². The molecule has 0 radical (unpaired) electrons. The molecule has 0 aromatic carbocycles. The molecule has 2 N–H and O–H groups in total. The normalized spacial score (nSPS) is 24.3. The van der Waals surface area contributed by atoms with E-state index >= 15 is 0 Å². The van der Waals surface area contributed by atoms with Crippen molar-refractivity contribution in [2.45, 2.75) is 25.5 Å². The molecule has 6 heteroatoms. The van der Waals surface area contributed by atoms with Gasteiger partial charge in [0.05, 0.1) is 12.1 Å². The summed E-state index contributed by atoms with van der Waals surface area (Å²) in [5, 5.41) is 8.69. The third-order valence-electron chi connectivity index (χ3n) is 2.60. The summed E-state index contributed by atoms with van der Waals surface area (Å²) in [5.74, 6) is -0.293. The molecule has 2 unspecified atom stereocenters. The number of hydrogen-bond donors (Lipinski definition) is 2. The van der Waals surface area contributed by atoms with Gasteiger partial charge in [0.1, 0.15) is 5.69 Å². The molecule has 16 heavy (non-hydrogen) atoms. The molecular formula is C10H13N3O3. The average Bonchev–Trinajstić information content (AvgIpc) is 2.65. The Bertz CT molecular complexity index is 423. The van der Waals surface area contributed by atoms with Crippen molar-refractivity contribution in [3.05, 3.63) is 28.2 Å². The molecule has 1 aliphatic rings. The van der Waals surface area contributed by atoms with Gasteiger partial charge in [0.25, 0.3) is 11.5 Å². The summed E-state index contributed by atoms with van der Waals surface area (Å²) in [5.41, 5.74) is -0.118. The lowest BCUT2D eigenvalue weighted by Gasteiger charge is -2.15. The summed E-state index contributed by atoms with van der Waals surface area (Å²) < 4.78 is 5.33. The average molecular weight is 223 g/mol. The standard InChI is InChI=1S/C10H13N3O3/c1-6-7(4-5-16-6)11-10(15)8-2-3-9(14)13-12-8/h2-3,6-7H,4-5H2,1H3,(H,11,15)(H,13,14). The summed E-state index contributed by atoms with van der Waals surface area (Å²) in [6.45, 7) is 2.57. The van der Waals surface area contributed by atoms with Gasteiger partial charge < -0.3 is 10.1 Å². The third-order valence-corrected chi connectivity index (χ3v) is 2.60. The fraction of sp³-hybridized carbons (Fsp3) is 0.500. The maximum atomic E-state index is 11.7. The number of nitrogens with one attached hydrogen (secondary N) is 2. The van der Waals surface area contributed by atoms with Gasteiger partial charge in [0, 0.05) is 12.7 Å². The van der Waals surface area contributed by atoms with Crippen LogP contribution < -0.4 is 10.9 Å².